The number of hydrogen-bond acceptors (Lipinski definition) is 4. The number of aromatic nitrogens is 3. The van der Waals surface area contributed by atoms with Crippen molar-refractivity contribution in [3.63, 3.8) is 0 Å². The molecule has 0 bridgehead atoms. The molecule has 1 amide bonds. The van der Waals surface area contributed by atoms with E-state index in [2.05, 4.69) is 36.2 Å². The third-order valence-electron chi connectivity index (χ3n) is 4.84. The fourth-order valence-electron chi connectivity index (χ4n) is 3.37. The van der Waals surface area contributed by atoms with Gasteiger partial charge in [0, 0.05) is 29.3 Å². The molecule has 3 aromatic rings. The van der Waals surface area contributed by atoms with Crippen molar-refractivity contribution in [3.05, 3.63) is 70.1 Å². The van der Waals surface area contributed by atoms with E-state index in [0.717, 1.165) is 47.3 Å². The molecular weight excluding hydrogens is 432 g/mol. The van der Waals surface area contributed by atoms with E-state index in [9.17, 15) is 4.79 Å². The maximum atomic E-state index is 12.8. The first-order chi connectivity index (χ1) is 14.0. The molecule has 0 aliphatic carbocycles. The van der Waals surface area contributed by atoms with Crippen LogP contribution in [-0.4, -0.2) is 44.5 Å². The van der Waals surface area contributed by atoms with Crippen LogP contribution in [-0.2, 0) is 0 Å². The Kier molecular flexibility index (Phi) is 5.44. The molecule has 1 saturated heterocycles. The lowest BCUT2D eigenvalue weighted by atomic mass is 10.1. The third kappa shape index (κ3) is 4.22. The molecule has 7 nitrogen and oxygen atoms in total. The van der Waals surface area contributed by atoms with E-state index in [1.165, 1.54) is 0 Å². The Balaban J connectivity index is 1.56. The second-order valence-electron chi connectivity index (χ2n) is 6.99. The molecule has 0 radical (unpaired) electrons. The number of carbonyl (C=O) groups is 1. The molecule has 0 unspecified atom stereocenters. The number of amides is 1. The predicted molar refractivity (Wildman–Crippen MR) is 116 cm³/mol. The number of hydrogen-bond donors (Lipinski definition) is 2. The molecule has 4 rings (SSSR count). The highest BCUT2D eigenvalue weighted by molar-refractivity contribution is 9.10. The summed E-state index contributed by atoms with van der Waals surface area (Å²) >= 11 is 3.33. The monoisotopic (exact) mass is 452 g/mol. The van der Waals surface area contributed by atoms with Crippen molar-refractivity contribution in [2.75, 3.05) is 18.4 Å². The zero-order valence-corrected chi connectivity index (χ0v) is 17.6. The number of likely N-dealkylation sites (tertiary alicyclic amines) is 1. The topological polar surface area (TPSA) is 86.9 Å². The van der Waals surface area contributed by atoms with Crippen LogP contribution in [0.5, 0.6) is 0 Å². The van der Waals surface area contributed by atoms with Gasteiger partial charge in [-0.3, -0.25) is 10.2 Å². The Labute approximate surface area is 177 Å². The Hall–Kier alpha value is -3.00. The van der Waals surface area contributed by atoms with E-state index in [0.29, 0.717) is 17.3 Å². The van der Waals surface area contributed by atoms with Gasteiger partial charge >= 0.3 is 0 Å². The van der Waals surface area contributed by atoms with Gasteiger partial charge in [0.1, 0.15) is 17.3 Å². The first-order valence-corrected chi connectivity index (χ1v) is 10.2. The van der Waals surface area contributed by atoms with E-state index in [4.69, 9.17) is 5.41 Å². The number of carbonyl (C=O) groups excluding carboxylic acids is 1. The van der Waals surface area contributed by atoms with E-state index in [-0.39, 0.29) is 5.91 Å². The quantitative estimate of drug-likeness (QED) is 0.462. The van der Waals surface area contributed by atoms with Crippen molar-refractivity contribution in [2.24, 2.45) is 0 Å². The zero-order valence-electron chi connectivity index (χ0n) is 16.0. The van der Waals surface area contributed by atoms with Crippen LogP contribution in [0.4, 0.5) is 5.82 Å². The van der Waals surface area contributed by atoms with E-state index >= 15 is 0 Å². The lowest BCUT2D eigenvalue weighted by Gasteiger charge is -2.18. The van der Waals surface area contributed by atoms with Crippen LogP contribution >= 0.6 is 15.9 Å². The Morgan fingerprint density at radius 2 is 1.86 bits per heavy atom. The Morgan fingerprint density at radius 1 is 1.14 bits per heavy atom. The second-order valence-corrected chi connectivity index (χ2v) is 7.90. The fraction of sp³-hybridized carbons (Fsp3) is 0.238. The van der Waals surface area contributed by atoms with Crippen LogP contribution in [0.3, 0.4) is 0 Å². The number of anilines is 1. The number of halogens is 1. The van der Waals surface area contributed by atoms with Gasteiger partial charge in [-0.15, -0.1) is 0 Å². The van der Waals surface area contributed by atoms with Crippen LogP contribution in [0.1, 0.15) is 34.6 Å². The second kappa shape index (κ2) is 8.16. The summed E-state index contributed by atoms with van der Waals surface area (Å²) in [4.78, 5) is 19.1. The number of benzene rings is 1. The molecule has 0 atom stereocenters. The number of pyridine rings is 1. The molecule has 0 spiro atoms. The number of amidine groups is 1. The SMILES string of the molecule is Cc1cc(C(=O)Nc2ccc(Br)cn2)n(-c2ccc(C(=N)N3CCCC3)cc2)n1. The molecule has 3 heterocycles. The Bertz CT molecular complexity index is 1040. The summed E-state index contributed by atoms with van der Waals surface area (Å²) in [6.07, 6.45) is 3.91. The minimum absolute atomic E-state index is 0.283. The molecule has 8 heteroatoms. The van der Waals surface area contributed by atoms with Crippen LogP contribution in [0.2, 0.25) is 0 Å². The molecule has 148 valence electrons. The van der Waals surface area contributed by atoms with Gasteiger partial charge in [0.25, 0.3) is 5.91 Å². The molecule has 2 aromatic heterocycles. The normalized spacial score (nSPS) is 13.5. The molecule has 1 fully saturated rings. The highest BCUT2D eigenvalue weighted by Crippen LogP contribution is 2.18. The summed E-state index contributed by atoms with van der Waals surface area (Å²) in [7, 11) is 0. The molecule has 29 heavy (non-hydrogen) atoms. The fourth-order valence-corrected chi connectivity index (χ4v) is 3.61. The summed E-state index contributed by atoms with van der Waals surface area (Å²) in [5.41, 5.74) is 2.80. The third-order valence-corrected chi connectivity index (χ3v) is 5.31. The number of aryl methyl sites for hydroxylation is 1. The summed E-state index contributed by atoms with van der Waals surface area (Å²) in [5.74, 6) is 0.734. The smallest absolute Gasteiger partial charge is 0.275 e. The summed E-state index contributed by atoms with van der Waals surface area (Å²) in [6.45, 7) is 3.73. The van der Waals surface area contributed by atoms with Crippen molar-refractivity contribution in [1.82, 2.24) is 19.7 Å². The standard InChI is InChI=1S/C21H21BrN6O/c1-14-12-18(21(29)25-19-9-6-16(22)13-24-19)28(26-14)17-7-4-15(5-8-17)20(23)27-10-2-3-11-27/h4-9,12-13,23H,2-3,10-11H2,1H3,(H,24,25,29). The Morgan fingerprint density at radius 3 is 2.52 bits per heavy atom. The van der Waals surface area contributed by atoms with Crippen molar-refractivity contribution in [3.8, 4) is 5.69 Å². The molecule has 2 N–H and O–H groups in total. The van der Waals surface area contributed by atoms with E-state index < -0.39 is 0 Å². The van der Waals surface area contributed by atoms with Gasteiger partial charge in [-0.1, -0.05) is 0 Å². The molecule has 1 aliphatic heterocycles. The highest BCUT2D eigenvalue weighted by atomic mass is 79.9. The van der Waals surface area contributed by atoms with Gasteiger partial charge in [-0.25, -0.2) is 9.67 Å². The average Bonchev–Trinajstić information content (AvgIpc) is 3.39. The summed E-state index contributed by atoms with van der Waals surface area (Å²) in [5, 5.41) is 15.7. The largest absolute Gasteiger partial charge is 0.357 e. The van der Waals surface area contributed by atoms with E-state index in [1.807, 2.05) is 37.3 Å². The number of nitrogens with zero attached hydrogens (tertiary/aromatic N) is 4. The lowest BCUT2D eigenvalue weighted by molar-refractivity contribution is 0.101. The van der Waals surface area contributed by atoms with Crippen LogP contribution in [0, 0.1) is 12.3 Å². The van der Waals surface area contributed by atoms with Crippen molar-refractivity contribution < 1.29 is 4.79 Å². The van der Waals surface area contributed by atoms with Gasteiger partial charge in [0.15, 0.2) is 0 Å². The molecular formula is C21H21BrN6O. The lowest BCUT2D eigenvalue weighted by Crippen LogP contribution is -2.27. The maximum Gasteiger partial charge on any atom is 0.275 e. The van der Waals surface area contributed by atoms with Gasteiger partial charge in [0.05, 0.1) is 11.4 Å². The zero-order chi connectivity index (χ0) is 20.4. The van der Waals surface area contributed by atoms with Gasteiger partial charge in [0.2, 0.25) is 0 Å². The minimum Gasteiger partial charge on any atom is -0.357 e. The summed E-state index contributed by atoms with van der Waals surface area (Å²) in [6, 6.07) is 12.9. The van der Waals surface area contributed by atoms with Crippen LogP contribution in [0.25, 0.3) is 5.69 Å². The van der Waals surface area contributed by atoms with Crippen LogP contribution < -0.4 is 5.32 Å². The van der Waals surface area contributed by atoms with Gasteiger partial charge in [-0.05, 0) is 78.2 Å². The highest BCUT2D eigenvalue weighted by Gasteiger charge is 2.18. The summed E-state index contributed by atoms with van der Waals surface area (Å²) < 4.78 is 2.46. The predicted octanol–water partition coefficient (Wildman–Crippen LogP) is 4.01. The molecule has 1 aromatic carbocycles. The van der Waals surface area contributed by atoms with Gasteiger partial charge < -0.3 is 10.2 Å². The maximum absolute atomic E-state index is 12.8. The number of rotatable bonds is 4. The average molecular weight is 453 g/mol. The van der Waals surface area contributed by atoms with Crippen molar-refractivity contribution in [1.29, 1.82) is 5.41 Å². The molecule has 1 aliphatic rings. The van der Waals surface area contributed by atoms with E-state index in [1.54, 1.807) is 23.0 Å². The first-order valence-electron chi connectivity index (χ1n) is 9.45. The molecule has 0 saturated carbocycles. The van der Waals surface area contributed by atoms with Crippen LogP contribution in [0.15, 0.2) is 53.1 Å². The van der Waals surface area contributed by atoms with Crippen molar-refractivity contribution >= 4 is 33.5 Å². The minimum atomic E-state index is -0.283. The first kappa shape index (κ1) is 19.3. The van der Waals surface area contributed by atoms with Crippen molar-refractivity contribution in [2.45, 2.75) is 19.8 Å². The number of nitrogens with one attached hydrogen (secondary N) is 2. The van der Waals surface area contributed by atoms with Gasteiger partial charge in [-0.2, -0.15) is 5.10 Å².